The van der Waals surface area contributed by atoms with Crippen molar-refractivity contribution < 1.29 is 9.47 Å². The molecule has 0 amide bonds. The standard InChI is InChI=1S/C17H17N3O2S/c1-21-13-8-9-14(15(11-13)22-2)20-16(18-19-17(20)23)10-12-6-4-3-5-7-12/h3-9,11H,10H2,1-2H3,(H,19,23). The zero-order valence-corrected chi connectivity index (χ0v) is 13.8. The van der Waals surface area contributed by atoms with E-state index in [0.717, 1.165) is 22.8 Å². The zero-order valence-electron chi connectivity index (χ0n) is 12.9. The number of H-pyrrole nitrogens is 1. The molecule has 1 aromatic heterocycles. The maximum absolute atomic E-state index is 5.48. The Bertz CT molecular complexity index is 856. The average molecular weight is 327 g/mol. The van der Waals surface area contributed by atoms with Crippen molar-refractivity contribution >= 4 is 12.2 Å². The highest BCUT2D eigenvalue weighted by Crippen LogP contribution is 2.29. The lowest BCUT2D eigenvalue weighted by Gasteiger charge is -2.13. The van der Waals surface area contributed by atoms with Gasteiger partial charge < -0.3 is 9.47 Å². The van der Waals surface area contributed by atoms with Gasteiger partial charge in [-0.3, -0.25) is 9.67 Å². The number of methoxy groups -OCH3 is 2. The molecule has 0 saturated heterocycles. The number of hydrogen-bond acceptors (Lipinski definition) is 4. The highest BCUT2D eigenvalue weighted by molar-refractivity contribution is 7.71. The Balaban J connectivity index is 2.07. The monoisotopic (exact) mass is 327 g/mol. The first-order chi connectivity index (χ1) is 11.2. The van der Waals surface area contributed by atoms with Gasteiger partial charge in [-0.15, -0.1) is 0 Å². The molecule has 3 aromatic rings. The second kappa shape index (κ2) is 6.66. The fourth-order valence-electron chi connectivity index (χ4n) is 2.44. The van der Waals surface area contributed by atoms with Gasteiger partial charge in [-0.25, -0.2) is 0 Å². The Morgan fingerprint density at radius 1 is 1.09 bits per heavy atom. The van der Waals surface area contributed by atoms with Gasteiger partial charge in [0.2, 0.25) is 0 Å². The van der Waals surface area contributed by atoms with Crippen molar-refractivity contribution in [1.82, 2.24) is 14.8 Å². The van der Waals surface area contributed by atoms with Gasteiger partial charge in [0.25, 0.3) is 0 Å². The topological polar surface area (TPSA) is 52.1 Å². The molecule has 0 atom stereocenters. The summed E-state index contributed by atoms with van der Waals surface area (Å²) in [5, 5.41) is 7.23. The number of benzene rings is 2. The Morgan fingerprint density at radius 3 is 2.57 bits per heavy atom. The molecule has 0 aliphatic heterocycles. The Morgan fingerprint density at radius 2 is 1.87 bits per heavy atom. The van der Waals surface area contributed by atoms with Gasteiger partial charge in [0.05, 0.1) is 19.9 Å². The first kappa shape index (κ1) is 15.3. The predicted molar refractivity (Wildman–Crippen MR) is 91.1 cm³/mol. The van der Waals surface area contributed by atoms with Crippen molar-refractivity contribution in [3.63, 3.8) is 0 Å². The Labute approximate surface area is 139 Å². The fraction of sp³-hybridized carbons (Fsp3) is 0.176. The SMILES string of the molecule is COc1ccc(-n2c(Cc3ccccc3)n[nH]c2=S)c(OC)c1. The number of hydrogen-bond donors (Lipinski definition) is 1. The van der Waals surface area contributed by atoms with Crippen LogP contribution in [0.1, 0.15) is 11.4 Å². The summed E-state index contributed by atoms with van der Waals surface area (Å²) in [5.74, 6) is 2.23. The molecule has 6 heteroatoms. The average Bonchev–Trinajstić information content (AvgIpc) is 2.95. The molecule has 118 valence electrons. The van der Waals surface area contributed by atoms with Crippen molar-refractivity contribution in [1.29, 1.82) is 0 Å². The van der Waals surface area contributed by atoms with E-state index in [1.54, 1.807) is 14.2 Å². The van der Waals surface area contributed by atoms with Crippen molar-refractivity contribution in [2.75, 3.05) is 14.2 Å². The summed E-state index contributed by atoms with van der Waals surface area (Å²) in [6, 6.07) is 15.8. The van der Waals surface area contributed by atoms with E-state index in [1.165, 1.54) is 0 Å². The van der Waals surface area contributed by atoms with Gasteiger partial charge >= 0.3 is 0 Å². The van der Waals surface area contributed by atoms with Crippen LogP contribution in [0.3, 0.4) is 0 Å². The minimum absolute atomic E-state index is 0.527. The van der Waals surface area contributed by atoms with E-state index in [-0.39, 0.29) is 0 Å². The molecule has 0 aliphatic carbocycles. The van der Waals surface area contributed by atoms with Crippen molar-refractivity contribution in [3.8, 4) is 17.2 Å². The summed E-state index contributed by atoms with van der Waals surface area (Å²) < 4.78 is 13.1. The fourth-order valence-corrected chi connectivity index (χ4v) is 2.69. The summed E-state index contributed by atoms with van der Waals surface area (Å²) in [4.78, 5) is 0. The molecule has 23 heavy (non-hydrogen) atoms. The van der Waals surface area contributed by atoms with Crippen LogP contribution in [0.2, 0.25) is 0 Å². The first-order valence-electron chi connectivity index (χ1n) is 7.15. The molecule has 0 aliphatic rings. The van der Waals surface area contributed by atoms with Crippen molar-refractivity contribution in [3.05, 3.63) is 64.7 Å². The van der Waals surface area contributed by atoms with Crippen LogP contribution in [-0.4, -0.2) is 29.0 Å². The van der Waals surface area contributed by atoms with Crippen LogP contribution >= 0.6 is 12.2 Å². The van der Waals surface area contributed by atoms with Crippen LogP contribution < -0.4 is 9.47 Å². The normalized spacial score (nSPS) is 10.5. The van der Waals surface area contributed by atoms with Gasteiger partial charge in [-0.2, -0.15) is 5.10 Å². The van der Waals surface area contributed by atoms with Crippen LogP contribution in [0, 0.1) is 4.77 Å². The van der Waals surface area contributed by atoms with Crippen molar-refractivity contribution in [2.24, 2.45) is 0 Å². The Kier molecular flexibility index (Phi) is 4.43. The van der Waals surface area contributed by atoms with E-state index in [4.69, 9.17) is 21.7 Å². The van der Waals surface area contributed by atoms with Crippen LogP contribution in [0.5, 0.6) is 11.5 Å². The number of nitrogens with zero attached hydrogens (tertiary/aromatic N) is 2. The van der Waals surface area contributed by atoms with Gasteiger partial charge in [-0.1, -0.05) is 30.3 Å². The third-order valence-electron chi connectivity index (χ3n) is 3.57. The lowest BCUT2D eigenvalue weighted by Crippen LogP contribution is -2.04. The van der Waals surface area contributed by atoms with Gasteiger partial charge in [0, 0.05) is 12.5 Å². The van der Waals surface area contributed by atoms with E-state index >= 15 is 0 Å². The highest BCUT2D eigenvalue weighted by atomic mass is 32.1. The van der Waals surface area contributed by atoms with Crippen LogP contribution in [0.15, 0.2) is 48.5 Å². The summed E-state index contributed by atoms with van der Waals surface area (Å²) in [5.41, 5.74) is 1.99. The van der Waals surface area contributed by atoms with Gasteiger partial charge in [-0.05, 0) is 29.9 Å². The molecule has 1 N–H and O–H groups in total. The molecule has 0 bridgehead atoms. The van der Waals surface area contributed by atoms with Crippen molar-refractivity contribution in [2.45, 2.75) is 6.42 Å². The zero-order chi connectivity index (χ0) is 16.2. The quantitative estimate of drug-likeness (QED) is 0.728. The predicted octanol–water partition coefficient (Wildman–Crippen LogP) is 3.54. The largest absolute Gasteiger partial charge is 0.497 e. The molecule has 0 saturated carbocycles. The van der Waals surface area contributed by atoms with E-state index in [1.807, 2.05) is 41.0 Å². The lowest BCUT2D eigenvalue weighted by molar-refractivity contribution is 0.393. The van der Waals surface area contributed by atoms with Gasteiger partial charge in [0.15, 0.2) is 4.77 Å². The first-order valence-corrected chi connectivity index (χ1v) is 7.56. The number of rotatable bonds is 5. The minimum atomic E-state index is 0.527. The Hall–Kier alpha value is -2.60. The summed E-state index contributed by atoms with van der Waals surface area (Å²) in [6.45, 7) is 0. The smallest absolute Gasteiger partial charge is 0.200 e. The van der Waals surface area contributed by atoms with E-state index in [9.17, 15) is 0 Å². The molecule has 0 fully saturated rings. The maximum Gasteiger partial charge on any atom is 0.200 e. The van der Waals surface area contributed by atoms with Crippen LogP contribution in [0.4, 0.5) is 0 Å². The van der Waals surface area contributed by atoms with E-state index < -0.39 is 0 Å². The summed E-state index contributed by atoms with van der Waals surface area (Å²) in [6.07, 6.45) is 0.670. The number of aromatic nitrogens is 3. The minimum Gasteiger partial charge on any atom is -0.497 e. The lowest BCUT2D eigenvalue weighted by atomic mass is 10.1. The van der Waals surface area contributed by atoms with Crippen LogP contribution in [-0.2, 0) is 6.42 Å². The van der Waals surface area contributed by atoms with E-state index in [0.29, 0.717) is 16.9 Å². The third kappa shape index (κ3) is 3.12. The molecule has 0 radical (unpaired) electrons. The molecular formula is C17H17N3O2S. The molecule has 2 aromatic carbocycles. The number of ether oxygens (including phenoxy) is 2. The van der Waals surface area contributed by atoms with E-state index in [2.05, 4.69) is 22.3 Å². The second-order valence-electron chi connectivity index (χ2n) is 4.98. The van der Waals surface area contributed by atoms with Gasteiger partial charge in [0.1, 0.15) is 17.3 Å². The maximum atomic E-state index is 5.48. The molecule has 0 spiro atoms. The summed E-state index contributed by atoms with van der Waals surface area (Å²) >= 11 is 5.40. The molecule has 5 nitrogen and oxygen atoms in total. The second-order valence-corrected chi connectivity index (χ2v) is 5.37. The molecule has 1 heterocycles. The highest BCUT2D eigenvalue weighted by Gasteiger charge is 2.14. The molecule has 3 rings (SSSR count). The van der Waals surface area contributed by atoms with Crippen LogP contribution in [0.25, 0.3) is 5.69 Å². The third-order valence-corrected chi connectivity index (χ3v) is 3.85. The summed E-state index contributed by atoms with van der Waals surface area (Å²) in [7, 11) is 3.25. The molecule has 0 unspecified atom stereocenters. The number of nitrogens with one attached hydrogen (secondary N) is 1. The molecular weight excluding hydrogens is 310 g/mol. The number of aromatic amines is 1.